The van der Waals surface area contributed by atoms with Crippen molar-refractivity contribution in [2.75, 3.05) is 38.0 Å². The van der Waals surface area contributed by atoms with Crippen LogP contribution >= 0.6 is 11.6 Å². The quantitative estimate of drug-likeness (QED) is 0.815. The van der Waals surface area contributed by atoms with Crippen LogP contribution in [0.3, 0.4) is 0 Å². The van der Waals surface area contributed by atoms with Crippen LogP contribution < -0.4 is 5.32 Å². The average Bonchev–Trinajstić information content (AvgIpc) is 2.65. The summed E-state index contributed by atoms with van der Waals surface area (Å²) in [6.07, 6.45) is 9.08. The van der Waals surface area contributed by atoms with E-state index in [-0.39, 0.29) is 5.91 Å². The van der Waals surface area contributed by atoms with Crippen LogP contribution in [0.2, 0.25) is 5.02 Å². The van der Waals surface area contributed by atoms with Crippen LogP contribution in [0.25, 0.3) is 0 Å². The van der Waals surface area contributed by atoms with Crippen molar-refractivity contribution in [1.82, 2.24) is 14.8 Å². The Morgan fingerprint density at radius 3 is 2.64 bits per heavy atom. The largest absolute Gasteiger partial charge is 0.366 e. The van der Waals surface area contributed by atoms with Gasteiger partial charge in [0.25, 0.3) is 5.91 Å². The summed E-state index contributed by atoms with van der Waals surface area (Å²) in [5.74, 6) is 0.720. The van der Waals surface area contributed by atoms with Crippen LogP contribution in [0.4, 0.5) is 5.82 Å². The number of anilines is 1. The Balaban J connectivity index is 1.58. The fourth-order valence-electron chi connectivity index (χ4n) is 3.58. The predicted octanol–water partition coefficient (Wildman–Crippen LogP) is 3.42. The summed E-state index contributed by atoms with van der Waals surface area (Å²) in [5, 5.41) is 3.96. The van der Waals surface area contributed by atoms with E-state index in [1.165, 1.54) is 6.42 Å². The van der Waals surface area contributed by atoms with Gasteiger partial charge in [0.2, 0.25) is 0 Å². The van der Waals surface area contributed by atoms with Crippen LogP contribution in [-0.2, 0) is 0 Å². The van der Waals surface area contributed by atoms with Crippen LogP contribution in [0.15, 0.2) is 24.9 Å². The maximum atomic E-state index is 12.5. The van der Waals surface area contributed by atoms with Crippen molar-refractivity contribution in [2.24, 2.45) is 0 Å². The van der Waals surface area contributed by atoms with E-state index in [9.17, 15) is 4.79 Å². The van der Waals surface area contributed by atoms with Gasteiger partial charge >= 0.3 is 0 Å². The lowest BCUT2D eigenvalue weighted by Gasteiger charge is -2.32. The van der Waals surface area contributed by atoms with Crippen molar-refractivity contribution in [3.05, 3.63) is 35.5 Å². The number of rotatable bonds is 5. The number of hydrogen-bond acceptors (Lipinski definition) is 4. The number of pyridine rings is 1. The number of piperidine rings is 2. The number of likely N-dealkylation sites (tertiary alicyclic amines) is 2. The molecule has 0 radical (unpaired) electrons. The lowest BCUT2D eigenvalue weighted by Crippen LogP contribution is -2.39. The molecule has 0 atom stereocenters. The molecule has 0 unspecified atom stereocenters. The Bertz CT molecular complexity index is 607. The summed E-state index contributed by atoms with van der Waals surface area (Å²) in [6, 6.07) is 2.12. The van der Waals surface area contributed by atoms with Crippen LogP contribution in [0.1, 0.15) is 42.5 Å². The number of amides is 1. The minimum absolute atomic E-state index is 0.0402. The standard InChI is InChI=1S/C19H27ClN4O/c1-2-8-23-11-6-16(7-12-23)22-18-17(20)13-15(14-21-18)19(25)24-9-4-3-5-10-24/h2,13-14,16H,1,3-12H2,(H,21,22). The minimum atomic E-state index is 0.0402. The lowest BCUT2D eigenvalue weighted by atomic mass is 10.0. The summed E-state index contributed by atoms with van der Waals surface area (Å²) in [7, 11) is 0. The monoisotopic (exact) mass is 362 g/mol. The van der Waals surface area contributed by atoms with Gasteiger partial charge in [-0.1, -0.05) is 17.7 Å². The number of carbonyl (C=O) groups is 1. The molecule has 0 aromatic carbocycles. The second kappa shape index (κ2) is 8.68. The molecule has 0 spiro atoms. The Morgan fingerprint density at radius 2 is 2.00 bits per heavy atom. The van der Waals surface area contributed by atoms with E-state index in [1.807, 2.05) is 11.0 Å². The number of aromatic nitrogens is 1. The van der Waals surface area contributed by atoms with E-state index in [0.29, 0.717) is 22.4 Å². The number of hydrogen-bond donors (Lipinski definition) is 1. The average molecular weight is 363 g/mol. The molecule has 6 heteroatoms. The molecule has 1 aromatic rings. The van der Waals surface area contributed by atoms with Crippen LogP contribution in [0, 0.1) is 0 Å². The van der Waals surface area contributed by atoms with Crippen molar-refractivity contribution in [1.29, 1.82) is 0 Å². The van der Waals surface area contributed by atoms with E-state index in [1.54, 1.807) is 12.3 Å². The molecule has 3 rings (SSSR count). The Morgan fingerprint density at radius 1 is 1.28 bits per heavy atom. The van der Waals surface area contributed by atoms with E-state index in [0.717, 1.165) is 58.4 Å². The van der Waals surface area contributed by atoms with Crippen molar-refractivity contribution in [3.8, 4) is 0 Å². The molecule has 136 valence electrons. The molecule has 25 heavy (non-hydrogen) atoms. The predicted molar refractivity (Wildman–Crippen MR) is 102 cm³/mol. The third kappa shape index (κ3) is 4.73. The summed E-state index contributed by atoms with van der Waals surface area (Å²) in [6.45, 7) is 8.50. The third-order valence-corrected chi connectivity index (χ3v) is 5.34. The van der Waals surface area contributed by atoms with Crippen LogP contribution in [-0.4, -0.2) is 59.5 Å². The smallest absolute Gasteiger partial charge is 0.255 e. The van der Waals surface area contributed by atoms with Gasteiger partial charge in [-0.3, -0.25) is 9.69 Å². The van der Waals surface area contributed by atoms with E-state index in [4.69, 9.17) is 11.6 Å². The zero-order valence-electron chi connectivity index (χ0n) is 14.7. The van der Waals surface area contributed by atoms with Gasteiger partial charge in [-0.15, -0.1) is 6.58 Å². The molecule has 1 aromatic heterocycles. The van der Waals surface area contributed by atoms with E-state index in [2.05, 4.69) is 21.8 Å². The van der Waals surface area contributed by atoms with Crippen molar-refractivity contribution in [2.45, 2.75) is 38.1 Å². The molecule has 2 aliphatic rings. The van der Waals surface area contributed by atoms with Gasteiger partial charge in [-0.2, -0.15) is 0 Å². The second-order valence-electron chi connectivity index (χ2n) is 6.92. The number of carbonyl (C=O) groups excluding carboxylic acids is 1. The van der Waals surface area contributed by atoms with Crippen molar-refractivity contribution >= 4 is 23.3 Å². The highest BCUT2D eigenvalue weighted by Gasteiger charge is 2.22. The maximum absolute atomic E-state index is 12.5. The van der Waals surface area contributed by atoms with Gasteiger partial charge in [0.05, 0.1) is 10.6 Å². The molecule has 0 bridgehead atoms. The van der Waals surface area contributed by atoms with Crippen molar-refractivity contribution in [3.63, 3.8) is 0 Å². The first-order valence-electron chi connectivity index (χ1n) is 9.22. The summed E-state index contributed by atoms with van der Waals surface area (Å²) >= 11 is 6.39. The highest BCUT2D eigenvalue weighted by molar-refractivity contribution is 6.33. The summed E-state index contributed by atoms with van der Waals surface area (Å²) < 4.78 is 0. The highest BCUT2D eigenvalue weighted by atomic mass is 35.5. The first-order chi connectivity index (χ1) is 12.2. The molecular weight excluding hydrogens is 336 g/mol. The zero-order valence-corrected chi connectivity index (χ0v) is 15.5. The molecule has 5 nitrogen and oxygen atoms in total. The van der Waals surface area contributed by atoms with Gasteiger partial charge in [-0.05, 0) is 38.2 Å². The fraction of sp³-hybridized carbons (Fsp3) is 0.579. The first-order valence-corrected chi connectivity index (χ1v) is 9.60. The maximum Gasteiger partial charge on any atom is 0.255 e. The Kier molecular flexibility index (Phi) is 6.32. The SMILES string of the molecule is C=CCN1CCC(Nc2ncc(C(=O)N3CCCCC3)cc2Cl)CC1. The number of nitrogens with one attached hydrogen (secondary N) is 1. The molecule has 1 N–H and O–H groups in total. The topological polar surface area (TPSA) is 48.5 Å². The van der Waals surface area contributed by atoms with E-state index >= 15 is 0 Å². The van der Waals surface area contributed by atoms with Gasteiger partial charge in [0.15, 0.2) is 0 Å². The van der Waals surface area contributed by atoms with Gasteiger partial charge in [0.1, 0.15) is 5.82 Å². The second-order valence-corrected chi connectivity index (χ2v) is 7.32. The Hall–Kier alpha value is -1.59. The van der Waals surface area contributed by atoms with Crippen LogP contribution in [0.5, 0.6) is 0 Å². The normalized spacial score (nSPS) is 19.6. The third-order valence-electron chi connectivity index (χ3n) is 5.05. The minimum Gasteiger partial charge on any atom is -0.366 e. The van der Waals surface area contributed by atoms with Crippen molar-refractivity contribution < 1.29 is 4.79 Å². The van der Waals surface area contributed by atoms with Gasteiger partial charge < -0.3 is 10.2 Å². The van der Waals surface area contributed by atoms with E-state index < -0.39 is 0 Å². The number of halogens is 1. The van der Waals surface area contributed by atoms with Gasteiger partial charge in [-0.25, -0.2) is 4.98 Å². The molecule has 3 heterocycles. The number of nitrogens with zero attached hydrogens (tertiary/aromatic N) is 3. The zero-order chi connectivity index (χ0) is 17.6. The fourth-order valence-corrected chi connectivity index (χ4v) is 3.80. The molecule has 2 saturated heterocycles. The molecule has 2 aliphatic heterocycles. The van der Waals surface area contributed by atoms with Gasteiger partial charge in [0, 0.05) is 45.0 Å². The molecule has 0 saturated carbocycles. The lowest BCUT2D eigenvalue weighted by molar-refractivity contribution is 0.0724. The molecule has 2 fully saturated rings. The highest BCUT2D eigenvalue weighted by Crippen LogP contribution is 2.24. The first kappa shape index (κ1) is 18.2. The summed E-state index contributed by atoms with van der Waals surface area (Å²) in [5.41, 5.74) is 0.582. The molecule has 1 amide bonds. The molecular formula is C19H27ClN4O. The summed E-state index contributed by atoms with van der Waals surface area (Å²) in [4.78, 5) is 21.3. The Labute approximate surface area is 155 Å². The molecule has 0 aliphatic carbocycles.